The Morgan fingerprint density at radius 1 is 1.45 bits per heavy atom. The summed E-state index contributed by atoms with van der Waals surface area (Å²) in [5.41, 5.74) is 0.974. The quantitative estimate of drug-likeness (QED) is 0.727. The molecule has 110 valence electrons. The van der Waals surface area contributed by atoms with Crippen molar-refractivity contribution in [2.45, 2.75) is 38.7 Å². The Morgan fingerprint density at radius 3 is 2.80 bits per heavy atom. The van der Waals surface area contributed by atoms with Crippen LogP contribution in [0.5, 0.6) is 5.75 Å². The summed E-state index contributed by atoms with van der Waals surface area (Å²) in [6.07, 6.45) is 0.502. The van der Waals surface area contributed by atoms with Gasteiger partial charge in [0, 0.05) is 23.7 Å². The van der Waals surface area contributed by atoms with Gasteiger partial charge in [0.15, 0.2) is 0 Å². The fraction of sp³-hybridized carbons (Fsp3) is 0.533. The monoisotopic (exact) mass is 278 g/mol. The van der Waals surface area contributed by atoms with E-state index in [2.05, 4.69) is 10.6 Å². The normalized spacial score (nSPS) is 18.9. The summed E-state index contributed by atoms with van der Waals surface area (Å²) < 4.78 is 5.21. The summed E-state index contributed by atoms with van der Waals surface area (Å²) in [6.45, 7) is 7.26. The predicted octanol–water partition coefficient (Wildman–Crippen LogP) is 2.82. The van der Waals surface area contributed by atoms with Gasteiger partial charge in [0.25, 0.3) is 0 Å². The fourth-order valence-electron chi connectivity index (χ4n) is 2.30. The van der Waals surface area contributed by atoms with Crippen LogP contribution >= 0.6 is 0 Å². The first-order chi connectivity index (χ1) is 9.35. The van der Waals surface area contributed by atoms with Gasteiger partial charge in [-0.2, -0.15) is 0 Å². The molecule has 0 spiro atoms. The summed E-state index contributed by atoms with van der Waals surface area (Å²) >= 11 is 0. The number of hydrogen-bond acceptors (Lipinski definition) is 4. The van der Waals surface area contributed by atoms with Crippen molar-refractivity contribution < 1.29 is 14.6 Å². The van der Waals surface area contributed by atoms with E-state index in [1.54, 1.807) is 12.1 Å². The molecule has 1 amide bonds. The molecule has 0 aliphatic carbocycles. The number of carbonyl (C=O) groups excluding carboxylic acids is 1. The van der Waals surface area contributed by atoms with E-state index in [-0.39, 0.29) is 11.7 Å². The second-order valence-corrected chi connectivity index (χ2v) is 6.09. The van der Waals surface area contributed by atoms with Crippen LogP contribution in [0.2, 0.25) is 0 Å². The zero-order valence-corrected chi connectivity index (χ0v) is 12.2. The third-order valence-corrected chi connectivity index (χ3v) is 3.17. The van der Waals surface area contributed by atoms with Gasteiger partial charge < -0.3 is 15.2 Å². The van der Waals surface area contributed by atoms with Crippen LogP contribution in [-0.4, -0.2) is 29.9 Å². The maximum Gasteiger partial charge on any atom is 0.412 e. The molecule has 0 bridgehead atoms. The molecule has 5 heteroatoms. The van der Waals surface area contributed by atoms with E-state index >= 15 is 0 Å². The van der Waals surface area contributed by atoms with Crippen LogP contribution in [0.4, 0.5) is 10.5 Å². The molecule has 3 N–H and O–H groups in total. The Hall–Kier alpha value is -1.75. The van der Waals surface area contributed by atoms with Crippen LogP contribution in [-0.2, 0) is 4.74 Å². The summed E-state index contributed by atoms with van der Waals surface area (Å²) in [6, 6.07) is 5.10. The lowest BCUT2D eigenvalue weighted by atomic mass is 9.97. The Morgan fingerprint density at radius 2 is 2.20 bits per heavy atom. The lowest BCUT2D eigenvalue weighted by molar-refractivity contribution is 0.0636. The highest BCUT2D eigenvalue weighted by Gasteiger charge is 2.21. The zero-order valence-electron chi connectivity index (χ0n) is 12.2. The Labute approximate surface area is 119 Å². The minimum Gasteiger partial charge on any atom is -0.508 e. The third-order valence-electron chi connectivity index (χ3n) is 3.17. The van der Waals surface area contributed by atoms with E-state index in [4.69, 9.17) is 4.74 Å². The van der Waals surface area contributed by atoms with Crippen molar-refractivity contribution in [3.8, 4) is 5.75 Å². The van der Waals surface area contributed by atoms with Gasteiger partial charge in [0.1, 0.15) is 11.4 Å². The van der Waals surface area contributed by atoms with Gasteiger partial charge in [-0.05, 0) is 51.9 Å². The largest absolute Gasteiger partial charge is 0.508 e. The Bertz CT molecular complexity index is 488. The van der Waals surface area contributed by atoms with Gasteiger partial charge in [-0.3, -0.25) is 5.32 Å². The second kappa shape index (κ2) is 5.71. The third kappa shape index (κ3) is 3.87. The molecule has 1 heterocycles. The van der Waals surface area contributed by atoms with Crippen molar-refractivity contribution in [1.29, 1.82) is 0 Å². The molecule has 2 rings (SSSR count). The van der Waals surface area contributed by atoms with Crippen molar-refractivity contribution in [3.63, 3.8) is 0 Å². The summed E-state index contributed by atoms with van der Waals surface area (Å²) in [4.78, 5) is 11.7. The molecule has 1 unspecified atom stereocenters. The van der Waals surface area contributed by atoms with E-state index in [0.717, 1.165) is 25.1 Å². The van der Waals surface area contributed by atoms with Crippen LogP contribution in [0, 0.1) is 0 Å². The van der Waals surface area contributed by atoms with E-state index in [1.807, 2.05) is 26.8 Å². The molecule has 1 aliphatic heterocycles. The molecule has 0 aromatic heterocycles. The van der Waals surface area contributed by atoms with E-state index < -0.39 is 11.7 Å². The van der Waals surface area contributed by atoms with E-state index in [0.29, 0.717) is 5.69 Å². The average Bonchev–Trinajstić information content (AvgIpc) is 2.82. The van der Waals surface area contributed by atoms with Gasteiger partial charge >= 0.3 is 6.09 Å². The first-order valence-corrected chi connectivity index (χ1v) is 6.89. The molecule has 1 atom stereocenters. The van der Waals surface area contributed by atoms with Crippen LogP contribution < -0.4 is 10.6 Å². The summed E-state index contributed by atoms with van der Waals surface area (Å²) in [5, 5.41) is 15.9. The van der Waals surface area contributed by atoms with Crippen LogP contribution in [0.15, 0.2) is 18.2 Å². The average molecular weight is 278 g/mol. The molecule has 20 heavy (non-hydrogen) atoms. The number of hydrogen-bond donors (Lipinski definition) is 3. The first kappa shape index (κ1) is 14.7. The number of phenolic OH excluding ortho intramolecular Hbond substituents is 1. The van der Waals surface area contributed by atoms with Gasteiger partial charge in [-0.15, -0.1) is 0 Å². The van der Waals surface area contributed by atoms with Crippen molar-refractivity contribution in [2.75, 3.05) is 18.4 Å². The fourth-order valence-corrected chi connectivity index (χ4v) is 2.30. The number of ether oxygens (including phenoxy) is 1. The summed E-state index contributed by atoms with van der Waals surface area (Å²) in [7, 11) is 0. The number of aromatic hydroxyl groups is 1. The molecule has 5 nitrogen and oxygen atoms in total. The van der Waals surface area contributed by atoms with Gasteiger partial charge in [-0.25, -0.2) is 4.79 Å². The number of nitrogens with one attached hydrogen (secondary N) is 2. The molecule has 1 fully saturated rings. The zero-order chi connectivity index (χ0) is 14.8. The van der Waals surface area contributed by atoms with Crippen molar-refractivity contribution in [3.05, 3.63) is 23.8 Å². The van der Waals surface area contributed by atoms with E-state index in [9.17, 15) is 9.90 Å². The molecule has 1 saturated heterocycles. The predicted molar refractivity (Wildman–Crippen MR) is 78.2 cm³/mol. The molecular formula is C15H22N2O3. The summed E-state index contributed by atoms with van der Waals surface area (Å²) in [5.74, 6) is 0.559. The maximum atomic E-state index is 11.7. The Balaban J connectivity index is 2.09. The van der Waals surface area contributed by atoms with Crippen LogP contribution in [0.25, 0.3) is 0 Å². The van der Waals surface area contributed by atoms with Crippen LogP contribution in [0.1, 0.15) is 38.7 Å². The number of anilines is 1. The van der Waals surface area contributed by atoms with Gasteiger partial charge in [0.2, 0.25) is 0 Å². The van der Waals surface area contributed by atoms with Crippen molar-refractivity contribution in [2.24, 2.45) is 0 Å². The highest BCUT2D eigenvalue weighted by atomic mass is 16.6. The number of amides is 1. The smallest absolute Gasteiger partial charge is 0.412 e. The van der Waals surface area contributed by atoms with Crippen LogP contribution in [0.3, 0.4) is 0 Å². The van der Waals surface area contributed by atoms with E-state index in [1.165, 1.54) is 0 Å². The minimum atomic E-state index is -0.529. The molecule has 1 aliphatic rings. The molecule has 0 saturated carbocycles. The number of carbonyl (C=O) groups is 1. The highest BCUT2D eigenvalue weighted by molar-refractivity contribution is 5.85. The maximum absolute atomic E-state index is 11.7. The highest BCUT2D eigenvalue weighted by Crippen LogP contribution is 2.32. The standard InChI is InChI=1S/C15H22N2O3/c1-15(2,3)20-14(19)17-11-4-5-13(18)12(8-11)10-6-7-16-9-10/h4-5,8,10,16,18H,6-7,9H2,1-3H3,(H,17,19). The number of benzene rings is 1. The molecule has 1 aromatic carbocycles. The van der Waals surface area contributed by atoms with Crippen molar-refractivity contribution in [1.82, 2.24) is 5.32 Å². The minimum absolute atomic E-state index is 0.272. The van der Waals surface area contributed by atoms with Gasteiger partial charge in [0.05, 0.1) is 0 Å². The topological polar surface area (TPSA) is 70.6 Å². The first-order valence-electron chi connectivity index (χ1n) is 6.89. The lowest BCUT2D eigenvalue weighted by Gasteiger charge is -2.20. The SMILES string of the molecule is CC(C)(C)OC(=O)Nc1ccc(O)c(C2CCNC2)c1. The van der Waals surface area contributed by atoms with Gasteiger partial charge in [-0.1, -0.05) is 0 Å². The van der Waals surface area contributed by atoms with Crippen molar-refractivity contribution >= 4 is 11.8 Å². The number of rotatable bonds is 2. The molecule has 1 aromatic rings. The number of phenols is 1. The second-order valence-electron chi connectivity index (χ2n) is 6.09. The Kier molecular flexibility index (Phi) is 4.18. The lowest BCUT2D eigenvalue weighted by Crippen LogP contribution is -2.27. The molecule has 0 radical (unpaired) electrons. The molecular weight excluding hydrogens is 256 g/mol.